The summed E-state index contributed by atoms with van der Waals surface area (Å²) in [5.74, 6) is -1.62. The Labute approximate surface area is 150 Å². The predicted octanol–water partition coefficient (Wildman–Crippen LogP) is 1.11. The first-order chi connectivity index (χ1) is 12.4. The summed E-state index contributed by atoms with van der Waals surface area (Å²) in [6.45, 7) is 0.119. The second kappa shape index (κ2) is 7.55. The molecule has 1 heterocycles. The van der Waals surface area contributed by atoms with E-state index < -0.39 is 12.0 Å². The van der Waals surface area contributed by atoms with E-state index in [1.54, 1.807) is 24.3 Å². The van der Waals surface area contributed by atoms with Crippen molar-refractivity contribution in [1.82, 2.24) is 15.5 Å². The average Bonchev–Trinajstić information content (AvgIpc) is 2.94. The van der Waals surface area contributed by atoms with Crippen LogP contribution in [0.2, 0.25) is 0 Å². The molecule has 8 nitrogen and oxygen atoms in total. The zero-order chi connectivity index (χ0) is 18.7. The van der Waals surface area contributed by atoms with Gasteiger partial charge in [0.1, 0.15) is 0 Å². The Hall–Kier alpha value is -2.90. The Bertz CT molecular complexity index is 724. The van der Waals surface area contributed by atoms with Crippen LogP contribution in [-0.4, -0.2) is 46.4 Å². The minimum Gasteiger partial charge on any atom is -0.481 e. The Morgan fingerprint density at radius 2 is 1.92 bits per heavy atom. The maximum Gasteiger partial charge on any atom is 0.324 e. The van der Waals surface area contributed by atoms with Gasteiger partial charge in [-0.1, -0.05) is 12.1 Å². The van der Waals surface area contributed by atoms with E-state index in [9.17, 15) is 19.2 Å². The quantitative estimate of drug-likeness (QED) is 0.681. The summed E-state index contributed by atoms with van der Waals surface area (Å²) in [6, 6.07) is 6.34. The molecule has 1 aliphatic heterocycles. The molecule has 0 bridgehead atoms. The minimum atomic E-state index is -0.775. The number of imide groups is 1. The van der Waals surface area contributed by atoms with Crippen LogP contribution in [-0.2, 0) is 16.1 Å². The number of carbonyl (C=O) groups excluding carboxylic acids is 3. The third-order valence-corrected chi connectivity index (χ3v) is 4.88. The van der Waals surface area contributed by atoms with Crippen LogP contribution < -0.4 is 10.6 Å². The van der Waals surface area contributed by atoms with Crippen LogP contribution in [0.4, 0.5) is 4.79 Å². The summed E-state index contributed by atoms with van der Waals surface area (Å²) in [6.07, 6.45) is 2.41. The maximum absolute atomic E-state index is 12.5. The van der Waals surface area contributed by atoms with Gasteiger partial charge in [0.2, 0.25) is 5.91 Å². The molecule has 0 atom stereocenters. The highest BCUT2D eigenvalue weighted by Gasteiger charge is 2.29. The molecule has 8 heteroatoms. The smallest absolute Gasteiger partial charge is 0.324 e. The molecule has 138 valence electrons. The molecule has 3 N–H and O–H groups in total. The number of rotatable bonds is 5. The minimum absolute atomic E-state index is 0.00196. The first kappa shape index (κ1) is 17.9. The standard InChI is InChI=1S/C18H21N3O5/c22-15-9-19-18(26)21(15)10-11-2-1-3-13(8-11)16(23)20-14-6-4-12(5-7-14)17(24)25/h1-3,8,12,14H,4-7,9-10H2,(H,19,26)(H,20,23)(H,24,25). The van der Waals surface area contributed by atoms with E-state index in [2.05, 4.69) is 10.6 Å². The zero-order valence-corrected chi connectivity index (χ0v) is 14.2. The van der Waals surface area contributed by atoms with Gasteiger partial charge in [-0.3, -0.25) is 19.3 Å². The van der Waals surface area contributed by atoms with Gasteiger partial charge in [-0.2, -0.15) is 0 Å². The van der Waals surface area contributed by atoms with Crippen molar-refractivity contribution < 1.29 is 24.3 Å². The van der Waals surface area contributed by atoms with Gasteiger partial charge in [-0.25, -0.2) is 4.79 Å². The summed E-state index contributed by atoms with van der Waals surface area (Å²) in [5.41, 5.74) is 1.15. The van der Waals surface area contributed by atoms with Crippen molar-refractivity contribution in [3.63, 3.8) is 0 Å². The number of carbonyl (C=O) groups is 4. The first-order valence-electron chi connectivity index (χ1n) is 8.65. The molecule has 26 heavy (non-hydrogen) atoms. The van der Waals surface area contributed by atoms with Gasteiger partial charge < -0.3 is 15.7 Å². The molecule has 1 aliphatic carbocycles. The number of carboxylic acids is 1. The van der Waals surface area contributed by atoms with E-state index in [1.807, 2.05) is 0 Å². The van der Waals surface area contributed by atoms with Gasteiger partial charge >= 0.3 is 12.0 Å². The van der Waals surface area contributed by atoms with Crippen LogP contribution in [0.25, 0.3) is 0 Å². The van der Waals surface area contributed by atoms with Crippen LogP contribution in [0.15, 0.2) is 24.3 Å². The van der Waals surface area contributed by atoms with E-state index in [1.165, 1.54) is 0 Å². The van der Waals surface area contributed by atoms with Crippen LogP contribution in [0.1, 0.15) is 41.6 Å². The summed E-state index contributed by atoms with van der Waals surface area (Å²) >= 11 is 0. The maximum atomic E-state index is 12.5. The SMILES string of the molecule is O=C(NC1CCC(C(=O)O)CC1)c1cccc(CN2C(=O)CNC2=O)c1. The topological polar surface area (TPSA) is 116 Å². The lowest BCUT2D eigenvalue weighted by atomic mass is 9.86. The summed E-state index contributed by atoms with van der Waals surface area (Å²) in [5, 5.41) is 14.4. The third-order valence-electron chi connectivity index (χ3n) is 4.88. The van der Waals surface area contributed by atoms with Crippen LogP contribution in [0, 0.1) is 5.92 Å². The molecule has 1 saturated carbocycles. The van der Waals surface area contributed by atoms with Gasteiger partial charge in [0.15, 0.2) is 0 Å². The Morgan fingerprint density at radius 1 is 1.19 bits per heavy atom. The fourth-order valence-electron chi connectivity index (χ4n) is 3.36. The number of urea groups is 1. The number of benzene rings is 1. The lowest BCUT2D eigenvalue weighted by Gasteiger charge is -2.26. The molecule has 1 aromatic carbocycles. The molecule has 0 spiro atoms. The van der Waals surface area contributed by atoms with Crippen molar-refractivity contribution in [2.75, 3.05) is 6.54 Å². The van der Waals surface area contributed by atoms with E-state index in [0.717, 1.165) is 4.90 Å². The summed E-state index contributed by atoms with van der Waals surface area (Å²) in [7, 11) is 0. The average molecular weight is 359 g/mol. The van der Waals surface area contributed by atoms with Crippen LogP contribution in [0.5, 0.6) is 0 Å². The molecule has 1 aromatic rings. The predicted molar refractivity (Wildman–Crippen MR) is 91.2 cm³/mol. The third kappa shape index (κ3) is 4.01. The molecule has 0 unspecified atom stereocenters. The molecule has 4 amide bonds. The highest BCUT2D eigenvalue weighted by atomic mass is 16.4. The van der Waals surface area contributed by atoms with Crippen LogP contribution >= 0.6 is 0 Å². The molecule has 0 aromatic heterocycles. The number of nitrogens with zero attached hydrogens (tertiary/aromatic N) is 1. The fourth-order valence-corrected chi connectivity index (χ4v) is 3.36. The molecular weight excluding hydrogens is 338 g/mol. The van der Waals surface area contributed by atoms with Crippen LogP contribution in [0.3, 0.4) is 0 Å². The molecule has 3 rings (SSSR count). The molecule has 1 saturated heterocycles. The number of carboxylic acid groups (broad SMARTS) is 1. The van der Waals surface area contributed by atoms with Crippen molar-refractivity contribution in [3.05, 3.63) is 35.4 Å². The number of aliphatic carboxylic acids is 1. The molecule has 2 fully saturated rings. The summed E-state index contributed by atoms with van der Waals surface area (Å²) < 4.78 is 0. The van der Waals surface area contributed by atoms with Gasteiger partial charge in [-0.05, 0) is 43.4 Å². The number of hydrogen-bond donors (Lipinski definition) is 3. The second-order valence-electron chi connectivity index (χ2n) is 6.70. The van der Waals surface area contributed by atoms with Crippen molar-refractivity contribution in [1.29, 1.82) is 0 Å². The van der Waals surface area contributed by atoms with Gasteiger partial charge in [-0.15, -0.1) is 0 Å². The lowest BCUT2D eigenvalue weighted by Crippen LogP contribution is -2.38. The normalized spacial score (nSPS) is 22.8. The van der Waals surface area contributed by atoms with Gasteiger partial charge in [0.25, 0.3) is 5.91 Å². The summed E-state index contributed by atoms with van der Waals surface area (Å²) in [4.78, 5) is 47.8. The van der Waals surface area contributed by atoms with Crippen molar-refractivity contribution in [2.24, 2.45) is 5.92 Å². The van der Waals surface area contributed by atoms with E-state index in [0.29, 0.717) is 36.8 Å². The number of amides is 4. The van der Waals surface area contributed by atoms with E-state index >= 15 is 0 Å². The number of nitrogens with one attached hydrogen (secondary N) is 2. The second-order valence-corrected chi connectivity index (χ2v) is 6.70. The fraction of sp³-hybridized carbons (Fsp3) is 0.444. The number of hydrogen-bond acceptors (Lipinski definition) is 4. The van der Waals surface area contributed by atoms with E-state index in [4.69, 9.17) is 5.11 Å². The van der Waals surface area contributed by atoms with Gasteiger partial charge in [0, 0.05) is 11.6 Å². The van der Waals surface area contributed by atoms with Crippen molar-refractivity contribution >= 4 is 23.8 Å². The van der Waals surface area contributed by atoms with Gasteiger partial charge in [0.05, 0.1) is 19.0 Å². The Morgan fingerprint density at radius 3 is 2.54 bits per heavy atom. The first-order valence-corrected chi connectivity index (χ1v) is 8.65. The molecular formula is C18H21N3O5. The monoisotopic (exact) mass is 359 g/mol. The van der Waals surface area contributed by atoms with Crippen molar-refractivity contribution in [3.8, 4) is 0 Å². The molecule has 0 radical (unpaired) electrons. The Kier molecular flexibility index (Phi) is 5.20. The molecule has 2 aliphatic rings. The largest absolute Gasteiger partial charge is 0.481 e. The van der Waals surface area contributed by atoms with Crippen molar-refractivity contribution in [2.45, 2.75) is 38.3 Å². The van der Waals surface area contributed by atoms with E-state index in [-0.39, 0.29) is 36.9 Å². The Balaban J connectivity index is 1.59. The lowest BCUT2D eigenvalue weighted by molar-refractivity contribution is -0.142. The highest BCUT2D eigenvalue weighted by Crippen LogP contribution is 2.24. The zero-order valence-electron chi connectivity index (χ0n) is 14.2. The highest BCUT2D eigenvalue weighted by molar-refractivity contribution is 6.02.